The molecule has 3 fully saturated rings. The molecule has 0 aliphatic carbocycles. The molecule has 0 spiro atoms. The van der Waals surface area contributed by atoms with Gasteiger partial charge < -0.3 is 44.8 Å². The molecule has 3 aliphatic heterocycles. The molecule has 1 aromatic rings. The van der Waals surface area contributed by atoms with Crippen molar-refractivity contribution in [3.8, 4) is 0 Å². The van der Waals surface area contributed by atoms with Crippen LogP contribution in [-0.2, 0) is 4.74 Å². The number of carbonyl (C=O) groups excluding carboxylic acids is 2. The summed E-state index contributed by atoms with van der Waals surface area (Å²) in [5.41, 5.74) is 2.09. The quantitative estimate of drug-likeness (QED) is 0.499. The van der Waals surface area contributed by atoms with Gasteiger partial charge in [-0.2, -0.15) is 0 Å². The number of morpholine rings is 1. The number of benzene rings is 1. The van der Waals surface area contributed by atoms with Crippen molar-refractivity contribution in [1.82, 2.24) is 24.5 Å². The highest BCUT2D eigenvalue weighted by Gasteiger charge is 2.26. The van der Waals surface area contributed by atoms with Crippen molar-refractivity contribution in [2.45, 2.75) is 39.0 Å². The van der Waals surface area contributed by atoms with Crippen LogP contribution in [0.2, 0.25) is 0 Å². The van der Waals surface area contributed by atoms with Gasteiger partial charge in [0, 0.05) is 71.1 Å². The van der Waals surface area contributed by atoms with Gasteiger partial charge in [-0.3, -0.25) is 0 Å². The number of carbonyl (C=O) groups is 4. The first kappa shape index (κ1) is 31.8. The van der Waals surface area contributed by atoms with Crippen molar-refractivity contribution < 1.29 is 34.1 Å². The van der Waals surface area contributed by atoms with E-state index in [0.717, 1.165) is 18.5 Å². The van der Waals surface area contributed by atoms with Crippen LogP contribution < -0.4 is 5.32 Å². The normalized spacial score (nSPS) is 18.8. The van der Waals surface area contributed by atoms with E-state index < -0.39 is 12.2 Å². The molecule has 0 saturated carbocycles. The molecule has 3 saturated heterocycles. The molecular formula is C28H44N6O7. The molecule has 1 aromatic carbocycles. The molecule has 3 aliphatic rings. The van der Waals surface area contributed by atoms with Crippen LogP contribution in [0.25, 0.3) is 0 Å². The van der Waals surface area contributed by atoms with E-state index in [2.05, 4.69) is 31.3 Å². The van der Waals surface area contributed by atoms with E-state index >= 15 is 0 Å². The molecule has 1 atom stereocenters. The highest BCUT2D eigenvalue weighted by Crippen LogP contribution is 2.21. The van der Waals surface area contributed by atoms with Gasteiger partial charge in [-0.15, -0.1) is 0 Å². The van der Waals surface area contributed by atoms with E-state index in [1.807, 2.05) is 21.9 Å². The first-order valence-electron chi connectivity index (χ1n) is 14.4. The lowest BCUT2D eigenvalue weighted by Crippen LogP contribution is -2.49. The predicted octanol–water partition coefficient (Wildman–Crippen LogP) is 3.54. The number of rotatable bonds is 3. The molecule has 13 nitrogen and oxygen atoms in total. The van der Waals surface area contributed by atoms with E-state index in [1.165, 1.54) is 15.4 Å². The van der Waals surface area contributed by atoms with Gasteiger partial charge in [0.1, 0.15) is 0 Å². The van der Waals surface area contributed by atoms with Crippen LogP contribution in [0, 0.1) is 0 Å². The predicted molar refractivity (Wildman–Crippen MR) is 154 cm³/mol. The summed E-state index contributed by atoms with van der Waals surface area (Å²) >= 11 is 0. The molecular weight excluding hydrogens is 532 g/mol. The first-order chi connectivity index (χ1) is 19.7. The Balaban J connectivity index is 0.000000298. The molecule has 3 heterocycles. The summed E-state index contributed by atoms with van der Waals surface area (Å²) in [4.78, 5) is 54.4. The number of ether oxygens (including phenoxy) is 1. The molecule has 6 amide bonds. The number of hydrogen-bond donors (Lipinski definition) is 3. The van der Waals surface area contributed by atoms with Gasteiger partial charge in [0.25, 0.3) is 0 Å². The molecule has 228 valence electrons. The highest BCUT2D eigenvalue weighted by atomic mass is 16.5. The second kappa shape index (κ2) is 15.9. The average molecular weight is 577 g/mol. The number of hydrogen-bond acceptors (Lipinski definition) is 5. The molecule has 0 aromatic heterocycles. The third-order valence-corrected chi connectivity index (χ3v) is 7.72. The lowest BCUT2D eigenvalue weighted by atomic mass is 9.99. The van der Waals surface area contributed by atoms with E-state index in [1.54, 1.807) is 4.90 Å². The smallest absolute Gasteiger partial charge is 0.407 e. The van der Waals surface area contributed by atoms with Gasteiger partial charge in [-0.25, -0.2) is 19.2 Å². The second-order valence-electron chi connectivity index (χ2n) is 10.5. The van der Waals surface area contributed by atoms with Crippen LogP contribution in [0.3, 0.4) is 0 Å². The van der Waals surface area contributed by atoms with Crippen molar-refractivity contribution in [2.75, 3.05) is 84.0 Å². The fraction of sp³-hybridized carbons (Fsp3) is 0.643. The Hall–Kier alpha value is -3.74. The van der Waals surface area contributed by atoms with Crippen LogP contribution in [0.15, 0.2) is 24.3 Å². The maximum absolute atomic E-state index is 12.7. The Morgan fingerprint density at radius 3 is 1.73 bits per heavy atom. The van der Waals surface area contributed by atoms with Crippen molar-refractivity contribution in [3.63, 3.8) is 0 Å². The Kier molecular flexibility index (Phi) is 12.3. The number of carboxylic acid groups (broad SMARTS) is 2. The van der Waals surface area contributed by atoms with Crippen LogP contribution in [0.4, 0.5) is 24.9 Å². The van der Waals surface area contributed by atoms with Crippen LogP contribution in [-0.4, -0.2) is 138 Å². The number of nitrogens with zero attached hydrogens (tertiary/aromatic N) is 5. The molecule has 4 rings (SSSR count). The minimum Gasteiger partial charge on any atom is -0.465 e. The summed E-state index contributed by atoms with van der Waals surface area (Å²) in [5.74, 6) is 0.519. The SMILES string of the molecule is CCC(C)c1ccc(NC(=O)N2CCCN(C(=O)N3CCOCC3)CC2)cc1.O=C(O)N1CCCN(C(=O)O)CC1. The van der Waals surface area contributed by atoms with E-state index in [4.69, 9.17) is 14.9 Å². The fourth-order valence-electron chi connectivity index (χ4n) is 4.90. The Labute approximate surface area is 241 Å². The number of amides is 6. The van der Waals surface area contributed by atoms with Gasteiger partial charge in [-0.1, -0.05) is 26.0 Å². The number of nitrogens with one attached hydrogen (secondary N) is 1. The fourth-order valence-corrected chi connectivity index (χ4v) is 4.90. The zero-order valence-electron chi connectivity index (χ0n) is 24.2. The highest BCUT2D eigenvalue weighted by molar-refractivity contribution is 5.89. The molecule has 41 heavy (non-hydrogen) atoms. The Bertz CT molecular complexity index is 996. The van der Waals surface area contributed by atoms with Crippen LogP contribution in [0.1, 0.15) is 44.6 Å². The molecule has 13 heteroatoms. The van der Waals surface area contributed by atoms with E-state index in [0.29, 0.717) is 77.9 Å². The summed E-state index contributed by atoms with van der Waals surface area (Å²) in [6.07, 6.45) is 0.494. The second-order valence-corrected chi connectivity index (χ2v) is 10.5. The zero-order valence-corrected chi connectivity index (χ0v) is 24.2. The number of urea groups is 2. The Morgan fingerprint density at radius 2 is 1.20 bits per heavy atom. The summed E-state index contributed by atoms with van der Waals surface area (Å²) < 4.78 is 5.32. The molecule has 0 radical (unpaired) electrons. The van der Waals surface area contributed by atoms with Gasteiger partial charge >= 0.3 is 24.2 Å². The van der Waals surface area contributed by atoms with Crippen molar-refractivity contribution >= 4 is 29.9 Å². The van der Waals surface area contributed by atoms with Gasteiger partial charge in [0.05, 0.1) is 13.2 Å². The zero-order chi connectivity index (χ0) is 29.8. The van der Waals surface area contributed by atoms with Crippen LogP contribution in [0.5, 0.6) is 0 Å². The average Bonchev–Trinajstić information content (AvgIpc) is 3.40. The minimum atomic E-state index is -0.979. The topological polar surface area (TPSA) is 146 Å². The summed E-state index contributed by atoms with van der Waals surface area (Å²) in [6, 6.07) is 8.05. The first-order valence-corrected chi connectivity index (χ1v) is 14.4. The van der Waals surface area contributed by atoms with E-state index in [-0.39, 0.29) is 25.2 Å². The third kappa shape index (κ3) is 9.69. The standard InChI is InChI=1S/C21H32N4O3.C7H12N2O4/c1-3-17(2)18-5-7-19(8-6-18)22-20(26)23-9-4-10-24(12-11-23)21(27)25-13-15-28-16-14-25;10-6(11)8-2-1-3-9(5-4-8)7(12)13/h5-8,17H,3-4,9-16H2,1-2H3,(H,22,26);1-5H2,(H,10,11)(H,12,13). The maximum atomic E-state index is 12.7. The Morgan fingerprint density at radius 1 is 0.732 bits per heavy atom. The maximum Gasteiger partial charge on any atom is 0.407 e. The summed E-state index contributed by atoms with van der Waals surface area (Å²) in [5, 5.41) is 20.3. The van der Waals surface area contributed by atoms with Crippen LogP contribution >= 0.6 is 0 Å². The molecule has 0 bridgehead atoms. The third-order valence-electron chi connectivity index (χ3n) is 7.72. The number of anilines is 1. The van der Waals surface area contributed by atoms with Gasteiger partial charge in [0.15, 0.2) is 0 Å². The lowest BCUT2D eigenvalue weighted by molar-refractivity contribution is 0.0437. The summed E-state index contributed by atoms with van der Waals surface area (Å²) in [6.45, 7) is 10.7. The molecule has 1 unspecified atom stereocenters. The lowest BCUT2D eigenvalue weighted by Gasteiger charge is -2.32. The van der Waals surface area contributed by atoms with Crippen molar-refractivity contribution in [2.24, 2.45) is 0 Å². The van der Waals surface area contributed by atoms with Crippen molar-refractivity contribution in [3.05, 3.63) is 29.8 Å². The molecule has 3 N–H and O–H groups in total. The minimum absolute atomic E-state index is 0.0613. The van der Waals surface area contributed by atoms with E-state index in [9.17, 15) is 19.2 Å². The van der Waals surface area contributed by atoms with Gasteiger partial charge in [-0.05, 0) is 42.9 Å². The van der Waals surface area contributed by atoms with Crippen molar-refractivity contribution in [1.29, 1.82) is 0 Å². The summed E-state index contributed by atoms with van der Waals surface area (Å²) in [7, 11) is 0. The van der Waals surface area contributed by atoms with Gasteiger partial charge in [0.2, 0.25) is 0 Å². The largest absolute Gasteiger partial charge is 0.465 e. The monoisotopic (exact) mass is 576 g/mol.